The van der Waals surface area contributed by atoms with Gasteiger partial charge in [0.15, 0.2) is 11.6 Å². The third-order valence-corrected chi connectivity index (χ3v) is 5.34. The van der Waals surface area contributed by atoms with Crippen LogP contribution in [0.1, 0.15) is 11.5 Å². The van der Waals surface area contributed by atoms with Crippen LogP contribution in [0.5, 0.6) is 5.75 Å². The Labute approximate surface area is 181 Å². The van der Waals surface area contributed by atoms with Gasteiger partial charge in [-0.1, -0.05) is 47.1 Å². The molecular weight excluding hydrogens is 399 g/mol. The summed E-state index contributed by atoms with van der Waals surface area (Å²) < 4.78 is 24.4. The molecule has 0 saturated carbocycles. The number of piperazine rings is 1. The van der Waals surface area contributed by atoms with E-state index in [9.17, 15) is 9.50 Å². The summed E-state index contributed by atoms with van der Waals surface area (Å²) in [6.45, 7) is 6.49. The lowest BCUT2D eigenvalue weighted by molar-refractivity contribution is 0.0418. The second-order valence-corrected chi connectivity index (χ2v) is 7.85. The van der Waals surface area contributed by atoms with Gasteiger partial charge in [-0.05, 0) is 19.1 Å². The van der Waals surface area contributed by atoms with Crippen LogP contribution in [0.3, 0.4) is 0 Å². The average Bonchev–Trinajstić information content (AvgIpc) is 3.23. The van der Waals surface area contributed by atoms with E-state index in [1.165, 1.54) is 11.6 Å². The van der Waals surface area contributed by atoms with Crippen molar-refractivity contribution in [2.75, 3.05) is 39.3 Å². The number of aryl methyl sites for hydroxylation is 1. The summed E-state index contributed by atoms with van der Waals surface area (Å²) in [6, 6.07) is 14.2. The van der Waals surface area contributed by atoms with Gasteiger partial charge in [-0.3, -0.25) is 9.80 Å². The van der Waals surface area contributed by atoms with E-state index in [0.717, 1.165) is 31.7 Å². The molecule has 31 heavy (non-hydrogen) atoms. The van der Waals surface area contributed by atoms with E-state index in [1.807, 2.05) is 31.2 Å². The number of β-amino-alcohol motifs (C(OH)–C–C–N with tert-alkyl or cyclic N) is 1. The molecule has 8 heteroatoms. The molecular formula is C23H27FN4O3. The van der Waals surface area contributed by atoms with Crippen LogP contribution in [-0.2, 0) is 6.54 Å². The topological polar surface area (TPSA) is 74.9 Å². The zero-order valence-electron chi connectivity index (χ0n) is 17.6. The number of aliphatic hydroxyl groups excluding tert-OH is 1. The van der Waals surface area contributed by atoms with Crippen LogP contribution in [0.15, 0.2) is 53.1 Å². The summed E-state index contributed by atoms with van der Waals surface area (Å²) in [5, 5.41) is 14.3. The number of halogens is 1. The molecule has 1 saturated heterocycles. The first-order chi connectivity index (χ1) is 15.1. The lowest BCUT2D eigenvalue weighted by atomic mass is 10.1. The standard InChI is InChI=1S/C23H27FN4O3/c1-17-6-8-18(9-7-17)23-25-22(31-26-23)15-28-12-10-27(11-13-28)14-19(29)16-30-21-5-3-2-4-20(21)24/h2-9,19,29H,10-16H2,1H3. The van der Waals surface area contributed by atoms with Crippen molar-refractivity contribution in [1.29, 1.82) is 0 Å². The van der Waals surface area contributed by atoms with Crippen molar-refractivity contribution < 1.29 is 18.8 Å². The molecule has 1 fully saturated rings. The van der Waals surface area contributed by atoms with Crippen LogP contribution in [0.25, 0.3) is 11.4 Å². The lowest BCUT2D eigenvalue weighted by Crippen LogP contribution is -2.48. The van der Waals surface area contributed by atoms with E-state index in [4.69, 9.17) is 9.26 Å². The zero-order valence-corrected chi connectivity index (χ0v) is 17.6. The maximum absolute atomic E-state index is 13.6. The van der Waals surface area contributed by atoms with Crippen molar-refractivity contribution in [1.82, 2.24) is 19.9 Å². The molecule has 2 aromatic carbocycles. The van der Waals surface area contributed by atoms with Gasteiger partial charge < -0.3 is 14.4 Å². The number of hydrogen-bond donors (Lipinski definition) is 1. The molecule has 4 rings (SSSR count). The highest BCUT2D eigenvalue weighted by molar-refractivity contribution is 5.54. The average molecular weight is 426 g/mol. The largest absolute Gasteiger partial charge is 0.488 e. The summed E-state index contributed by atoms with van der Waals surface area (Å²) in [5.74, 6) is 0.944. The van der Waals surface area contributed by atoms with E-state index < -0.39 is 11.9 Å². The molecule has 0 radical (unpaired) electrons. The van der Waals surface area contributed by atoms with Gasteiger partial charge in [0.2, 0.25) is 11.7 Å². The van der Waals surface area contributed by atoms with Crippen LogP contribution in [0.2, 0.25) is 0 Å². The minimum atomic E-state index is -0.681. The molecule has 1 unspecified atom stereocenters. The van der Waals surface area contributed by atoms with Gasteiger partial charge in [0.25, 0.3) is 0 Å². The van der Waals surface area contributed by atoms with Crippen LogP contribution in [0.4, 0.5) is 4.39 Å². The molecule has 1 N–H and O–H groups in total. The summed E-state index contributed by atoms with van der Waals surface area (Å²) in [6.07, 6.45) is -0.681. The molecule has 7 nitrogen and oxygen atoms in total. The normalized spacial score (nSPS) is 16.4. The Morgan fingerprint density at radius 1 is 1.06 bits per heavy atom. The number of aliphatic hydroxyl groups is 1. The second kappa shape index (κ2) is 10.00. The first-order valence-corrected chi connectivity index (χ1v) is 10.5. The molecule has 1 aliphatic heterocycles. The molecule has 1 aliphatic rings. The van der Waals surface area contributed by atoms with Crippen LogP contribution in [-0.4, -0.2) is 70.5 Å². The Morgan fingerprint density at radius 3 is 2.52 bits per heavy atom. The third-order valence-electron chi connectivity index (χ3n) is 5.34. The van der Waals surface area contributed by atoms with E-state index in [1.54, 1.807) is 18.2 Å². The van der Waals surface area contributed by atoms with Gasteiger partial charge in [0, 0.05) is 38.3 Å². The summed E-state index contributed by atoms with van der Waals surface area (Å²) in [7, 11) is 0. The molecule has 0 amide bonds. The fourth-order valence-electron chi connectivity index (χ4n) is 3.56. The van der Waals surface area contributed by atoms with E-state index in [0.29, 0.717) is 24.8 Å². The molecule has 1 atom stereocenters. The van der Waals surface area contributed by atoms with Crippen LogP contribution in [0, 0.1) is 12.7 Å². The predicted molar refractivity (Wildman–Crippen MR) is 114 cm³/mol. The van der Waals surface area contributed by atoms with Gasteiger partial charge in [0.1, 0.15) is 12.7 Å². The van der Waals surface area contributed by atoms with Crippen molar-refractivity contribution in [3.05, 3.63) is 65.8 Å². The molecule has 0 spiro atoms. The Hall–Kier alpha value is -2.81. The summed E-state index contributed by atoms with van der Waals surface area (Å²) in [4.78, 5) is 8.94. The molecule has 0 bridgehead atoms. The van der Waals surface area contributed by atoms with Gasteiger partial charge in [-0.15, -0.1) is 0 Å². The lowest BCUT2D eigenvalue weighted by Gasteiger charge is -2.34. The van der Waals surface area contributed by atoms with E-state index in [-0.39, 0.29) is 12.4 Å². The molecule has 1 aromatic heterocycles. The van der Waals surface area contributed by atoms with Gasteiger partial charge in [0.05, 0.1) is 6.54 Å². The van der Waals surface area contributed by atoms with E-state index >= 15 is 0 Å². The maximum Gasteiger partial charge on any atom is 0.241 e. The summed E-state index contributed by atoms with van der Waals surface area (Å²) in [5.41, 5.74) is 2.13. The fraction of sp³-hybridized carbons (Fsp3) is 0.391. The van der Waals surface area contributed by atoms with Crippen molar-refractivity contribution in [2.24, 2.45) is 0 Å². The highest BCUT2D eigenvalue weighted by atomic mass is 19.1. The smallest absolute Gasteiger partial charge is 0.241 e. The monoisotopic (exact) mass is 426 g/mol. The van der Waals surface area contributed by atoms with Gasteiger partial charge in [-0.25, -0.2) is 4.39 Å². The minimum Gasteiger partial charge on any atom is -0.488 e. The highest BCUT2D eigenvalue weighted by Crippen LogP contribution is 2.18. The number of rotatable bonds is 8. The number of benzene rings is 2. The Kier molecular flexibility index (Phi) is 6.91. The third kappa shape index (κ3) is 5.88. The number of para-hydroxylation sites is 1. The minimum absolute atomic E-state index is 0.0604. The molecule has 0 aliphatic carbocycles. The SMILES string of the molecule is Cc1ccc(-c2noc(CN3CCN(CC(O)COc4ccccc4F)CC3)n2)cc1. The van der Waals surface area contributed by atoms with Crippen molar-refractivity contribution in [3.63, 3.8) is 0 Å². The van der Waals surface area contributed by atoms with Crippen molar-refractivity contribution in [3.8, 4) is 17.1 Å². The zero-order chi connectivity index (χ0) is 21.6. The van der Waals surface area contributed by atoms with Crippen molar-refractivity contribution >= 4 is 0 Å². The molecule has 164 valence electrons. The van der Waals surface area contributed by atoms with Crippen LogP contribution < -0.4 is 4.74 Å². The Balaban J connectivity index is 1.20. The summed E-state index contributed by atoms with van der Waals surface area (Å²) >= 11 is 0. The van der Waals surface area contributed by atoms with E-state index in [2.05, 4.69) is 19.9 Å². The second-order valence-electron chi connectivity index (χ2n) is 7.85. The quantitative estimate of drug-likeness (QED) is 0.594. The molecule has 2 heterocycles. The van der Waals surface area contributed by atoms with Crippen molar-refractivity contribution in [2.45, 2.75) is 19.6 Å². The Morgan fingerprint density at radius 2 is 1.77 bits per heavy atom. The van der Waals surface area contributed by atoms with Gasteiger partial charge in [-0.2, -0.15) is 4.98 Å². The fourth-order valence-corrected chi connectivity index (χ4v) is 3.56. The Bertz CT molecular complexity index is 971. The number of ether oxygens (including phenoxy) is 1. The first-order valence-electron chi connectivity index (χ1n) is 10.5. The number of hydrogen-bond acceptors (Lipinski definition) is 7. The number of nitrogens with zero attached hydrogens (tertiary/aromatic N) is 4. The van der Waals surface area contributed by atoms with Crippen LogP contribution >= 0.6 is 0 Å². The molecule has 3 aromatic rings. The maximum atomic E-state index is 13.6. The number of aromatic nitrogens is 2. The van der Waals surface area contributed by atoms with Gasteiger partial charge >= 0.3 is 0 Å². The first kappa shape index (κ1) is 21.4. The highest BCUT2D eigenvalue weighted by Gasteiger charge is 2.21. The predicted octanol–water partition coefficient (Wildman–Crippen LogP) is 2.74.